The van der Waals surface area contributed by atoms with Crippen molar-refractivity contribution in [1.29, 1.82) is 0 Å². The second kappa shape index (κ2) is 6.45. The Hall–Kier alpha value is -0.280. The predicted molar refractivity (Wildman–Crippen MR) is 69.6 cm³/mol. The molecule has 4 unspecified atom stereocenters. The number of carbonyl (C=O) groups is 1. The van der Waals surface area contributed by atoms with Crippen molar-refractivity contribution >= 4 is 18.3 Å². The minimum Gasteiger partial charge on any atom is -0.342 e. The predicted octanol–water partition coefficient (Wildman–Crippen LogP) is 1.90. The van der Waals surface area contributed by atoms with Crippen LogP contribution in [0, 0.1) is 17.8 Å². The first-order chi connectivity index (χ1) is 6.91. The fourth-order valence-electron chi connectivity index (χ4n) is 2.36. The summed E-state index contributed by atoms with van der Waals surface area (Å²) in [6, 6.07) is -0.0509. The van der Waals surface area contributed by atoms with Crippen molar-refractivity contribution in [3.63, 3.8) is 0 Å². The van der Waals surface area contributed by atoms with E-state index in [1.807, 2.05) is 18.7 Å². The number of halogens is 1. The molecule has 0 aromatic heterocycles. The van der Waals surface area contributed by atoms with Gasteiger partial charge in [0.25, 0.3) is 0 Å². The quantitative estimate of drug-likeness (QED) is 0.811. The van der Waals surface area contributed by atoms with E-state index < -0.39 is 0 Å². The van der Waals surface area contributed by atoms with Gasteiger partial charge in [-0.25, -0.2) is 0 Å². The number of carbonyl (C=O) groups excluding carboxylic acids is 1. The Bertz CT molecular complexity index is 223. The number of hydrogen-bond acceptors (Lipinski definition) is 2. The molecule has 96 valence electrons. The standard InChI is InChI=1S/C12H24N2O.ClH/c1-8-5-9(2)7-14(6-8)12(15)10(3)11(4)13;/h8-11H,5-7,13H2,1-4H3;1H. The lowest BCUT2D eigenvalue weighted by atomic mass is 9.90. The highest BCUT2D eigenvalue weighted by molar-refractivity contribution is 5.85. The van der Waals surface area contributed by atoms with E-state index in [0.29, 0.717) is 11.8 Å². The van der Waals surface area contributed by atoms with Crippen LogP contribution in [0.4, 0.5) is 0 Å². The molecule has 1 aliphatic heterocycles. The Labute approximate surface area is 105 Å². The van der Waals surface area contributed by atoms with Gasteiger partial charge in [0.1, 0.15) is 0 Å². The molecule has 0 saturated carbocycles. The minimum absolute atomic E-state index is 0. The van der Waals surface area contributed by atoms with E-state index in [9.17, 15) is 4.79 Å². The SMILES string of the molecule is CC1CC(C)CN(C(=O)C(C)C(C)N)C1.Cl. The molecule has 0 aromatic rings. The van der Waals surface area contributed by atoms with Crippen molar-refractivity contribution in [2.24, 2.45) is 23.5 Å². The van der Waals surface area contributed by atoms with Gasteiger partial charge >= 0.3 is 0 Å². The van der Waals surface area contributed by atoms with Crippen LogP contribution in [0.15, 0.2) is 0 Å². The number of hydrogen-bond donors (Lipinski definition) is 1. The average molecular weight is 249 g/mol. The third-order valence-electron chi connectivity index (χ3n) is 3.36. The summed E-state index contributed by atoms with van der Waals surface area (Å²) in [5.74, 6) is 1.42. The highest BCUT2D eigenvalue weighted by Gasteiger charge is 2.29. The minimum atomic E-state index is -0.0532. The van der Waals surface area contributed by atoms with E-state index in [2.05, 4.69) is 13.8 Å². The Morgan fingerprint density at radius 1 is 1.25 bits per heavy atom. The molecule has 0 spiro atoms. The second-order valence-electron chi connectivity index (χ2n) is 5.34. The molecule has 16 heavy (non-hydrogen) atoms. The van der Waals surface area contributed by atoms with E-state index in [1.54, 1.807) is 0 Å². The van der Waals surface area contributed by atoms with Gasteiger partial charge in [0.2, 0.25) is 5.91 Å². The van der Waals surface area contributed by atoms with Gasteiger partial charge in [0, 0.05) is 19.1 Å². The molecule has 0 radical (unpaired) electrons. The molecule has 0 bridgehead atoms. The van der Waals surface area contributed by atoms with Gasteiger partial charge in [0.05, 0.1) is 5.92 Å². The molecule has 0 aromatic carbocycles. The maximum absolute atomic E-state index is 12.1. The van der Waals surface area contributed by atoms with Crippen molar-refractivity contribution in [2.75, 3.05) is 13.1 Å². The summed E-state index contributed by atoms with van der Waals surface area (Å²) in [6.45, 7) is 10.1. The summed E-state index contributed by atoms with van der Waals surface area (Å²) in [5.41, 5.74) is 5.77. The van der Waals surface area contributed by atoms with Gasteiger partial charge in [-0.2, -0.15) is 0 Å². The van der Waals surface area contributed by atoms with E-state index in [0.717, 1.165) is 13.1 Å². The summed E-state index contributed by atoms with van der Waals surface area (Å²) < 4.78 is 0. The number of likely N-dealkylation sites (tertiary alicyclic amines) is 1. The fourth-order valence-corrected chi connectivity index (χ4v) is 2.36. The molecule has 3 nitrogen and oxygen atoms in total. The lowest BCUT2D eigenvalue weighted by Gasteiger charge is -2.37. The molecule has 1 fully saturated rings. The molecule has 1 saturated heterocycles. The first-order valence-electron chi connectivity index (χ1n) is 5.96. The van der Waals surface area contributed by atoms with Gasteiger partial charge in [-0.3, -0.25) is 4.79 Å². The van der Waals surface area contributed by atoms with Crippen LogP contribution in [0.1, 0.15) is 34.1 Å². The molecule has 4 atom stereocenters. The van der Waals surface area contributed by atoms with Crippen LogP contribution in [0.2, 0.25) is 0 Å². The number of nitrogens with zero attached hydrogens (tertiary/aromatic N) is 1. The van der Waals surface area contributed by atoms with E-state index in [4.69, 9.17) is 5.73 Å². The van der Waals surface area contributed by atoms with Crippen LogP contribution in [0.25, 0.3) is 0 Å². The van der Waals surface area contributed by atoms with Crippen LogP contribution in [0.5, 0.6) is 0 Å². The van der Waals surface area contributed by atoms with Gasteiger partial charge in [-0.1, -0.05) is 20.8 Å². The lowest BCUT2D eigenvalue weighted by Crippen LogP contribution is -2.47. The van der Waals surface area contributed by atoms with Crippen molar-refractivity contribution in [3.05, 3.63) is 0 Å². The van der Waals surface area contributed by atoms with Gasteiger partial charge in [0.15, 0.2) is 0 Å². The summed E-state index contributed by atoms with van der Waals surface area (Å²) in [6.07, 6.45) is 1.23. The van der Waals surface area contributed by atoms with E-state index in [-0.39, 0.29) is 30.3 Å². The first kappa shape index (κ1) is 15.7. The monoisotopic (exact) mass is 248 g/mol. The van der Waals surface area contributed by atoms with Crippen LogP contribution in [-0.2, 0) is 4.79 Å². The summed E-state index contributed by atoms with van der Waals surface area (Å²) >= 11 is 0. The molecular formula is C12H25ClN2O. The molecular weight excluding hydrogens is 224 g/mol. The summed E-state index contributed by atoms with van der Waals surface area (Å²) in [5, 5.41) is 0. The number of piperidine rings is 1. The average Bonchev–Trinajstić information content (AvgIpc) is 2.13. The molecule has 1 heterocycles. The summed E-state index contributed by atoms with van der Waals surface area (Å²) in [4.78, 5) is 14.1. The maximum Gasteiger partial charge on any atom is 0.226 e. The van der Waals surface area contributed by atoms with Crippen LogP contribution < -0.4 is 5.73 Å². The van der Waals surface area contributed by atoms with Crippen LogP contribution in [-0.4, -0.2) is 29.9 Å². The van der Waals surface area contributed by atoms with E-state index in [1.165, 1.54) is 6.42 Å². The normalized spacial score (nSPS) is 29.2. The van der Waals surface area contributed by atoms with Crippen LogP contribution >= 0.6 is 12.4 Å². The first-order valence-corrected chi connectivity index (χ1v) is 5.96. The van der Waals surface area contributed by atoms with Crippen molar-refractivity contribution in [1.82, 2.24) is 4.90 Å². The van der Waals surface area contributed by atoms with Gasteiger partial charge in [-0.05, 0) is 25.2 Å². The Morgan fingerprint density at radius 2 is 1.69 bits per heavy atom. The number of rotatable bonds is 2. The highest BCUT2D eigenvalue weighted by Crippen LogP contribution is 2.22. The molecule has 4 heteroatoms. The summed E-state index contributed by atoms with van der Waals surface area (Å²) in [7, 11) is 0. The largest absolute Gasteiger partial charge is 0.342 e. The highest BCUT2D eigenvalue weighted by atomic mass is 35.5. The zero-order chi connectivity index (χ0) is 11.6. The number of nitrogens with two attached hydrogens (primary N) is 1. The van der Waals surface area contributed by atoms with Crippen LogP contribution in [0.3, 0.4) is 0 Å². The second-order valence-corrected chi connectivity index (χ2v) is 5.34. The molecule has 1 aliphatic rings. The van der Waals surface area contributed by atoms with E-state index >= 15 is 0 Å². The molecule has 1 amide bonds. The van der Waals surface area contributed by atoms with Crippen molar-refractivity contribution in [2.45, 2.75) is 40.2 Å². The smallest absolute Gasteiger partial charge is 0.226 e. The Morgan fingerprint density at radius 3 is 2.06 bits per heavy atom. The molecule has 0 aliphatic carbocycles. The number of amides is 1. The Balaban J connectivity index is 0.00000225. The maximum atomic E-state index is 12.1. The zero-order valence-electron chi connectivity index (χ0n) is 10.8. The van der Waals surface area contributed by atoms with Gasteiger partial charge in [-0.15, -0.1) is 12.4 Å². The van der Waals surface area contributed by atoms with Crippen molar-refractivity contribution < 1.29 is 4.79 Å². The lowest BCUT2D eigenvalue weighted by molar-refractivity contribution is -0.138. The molecule has 1 rings (SSSR count). The van der Waals surface area contributed by atoms with Gasteiger partial charge < -0.3 is 10.6 Å². The third-order valence-corrected chi connectivity index (χ3v) is 3.36. The topological polar surface area (TPSA) is 46.3 Å². The molecule has 2 N–H and O–H groups in total. The van der Waals surface area contributed by atoms with Crippen molar-refractivity contribution in [3.8, 4) is 0 Å². The Kier molecular flexibility index (Phi) is 6.34. The zero-order valence-corrected chi connectivity index (χ0v) is 11.6. The fraction of sp³-hybridized carbons (Fsp3) is 0.917. The third kappa shape index (κ3) is 3.95.